The summed E-state index contributed by atoms with van der Waals surface area (Å²) >= 11 is 0. The summed E-state index contributed by atoms with van der Waals surface area (Å²) in [5.74, 6) is 1.79. The lowest BCUT2D eigenvalue weighted by molar-refractivity contribution is 0.481. The van der Waals surface area contributed by atoms with Crippen LogP contribution in [0.15, 0.2) is 36.4 Å². The van der Waals surface area contributed by atoms with Crippen molar-refractivity contribution >= 4 is 17.0 Å². The number of fused-ring (bicyclic) bond motifs is 2. The van der Waals surface area contributed by atoms with E-state index < -0.39 is 0 Å². The number of H-pyrrole nitrogens is 1. The molecule has 3 heterocycles. The number of nitrogens with zero attached hydrogens (tertiary/aromatic N) is 2. The van der Waals surface area contributed by atoms with E-state index in [2.05, 4.69) is 49.9 Å². The number of imidazole rings is 1. The number of hydrogen-bond acceptors (Lipinski definition) is 4. The van der Waals surface area contributed by atoms with Crippen molar-refractivity contribution in [3.05, 3.63) is 53.3 Å². The van der Waals surface area contributed by atoms with Gasteiger partial charge in [0.15, 0.2) is 5.65 Å². The summed E-state index contributed by atoms with van der Waals surface area (Å²) in [5, 5.41) is 6.58. The predicted molar refractivity (Wildman–Crippen MR) is 83.2 cm³/mol. The van der Waals surface area contributed by atoms with Crippen molar-refractivity contribution in [2.45, 2.75) is 19.0 Å². The highest BCUT2D eigenvalue weighted by atomic mass is 15.1. The van der Waals surface area contributed by atoms with E-state index in [0.29, 0.717) is 0 Å². The lowest BCUT2D eigenvalue weighted by Crippen LogP contribution is -2.29. The Bertz CT molecular complexity index is 792. The molecule has 0 saturated carbocycles. The van der Waals surface area contributed by atoms with Crippen LogP contribution < -0.4 is 10.6 Å². The first-order valence-electron chi connectivity index (χ1n) is 7.18. The third kappa shape index (κ3) is 2.15. The Balaban J connectivity index is 1.68. The zero-order chi connectivity index (χ0) is 14.2. The van der Waals surface area contributed by atoms with Crippen LogP contribution in [0.2, 0.25) is 0 Å². The third-order valence-corrected chi connectivity index (χ3v) is 4.03. The quantitative estimate of drug-likeness (QED) is 0.674. The van der Waals surface area contributed by atoms with Crippen LogP contribution >= 0.6 is 0 Å². The van der Waals surface area contributed by atoms with Gasteiger partial charge < -0.3 is 15.6 Å². The number of benzene rings is 1. The topological polar surface area (TPSA) is 65.6 Å². The molecule has 4 rings (SSSR count). The van der Waals surface area contributed by atoms with Gasteiger partial charge in [-0.3, -0.25) is 0 Å². The first kappa shape index (κ1) is 12.3. The second kappa shape index (κ2) is 4.86. The fraction of sp³-hybridized carbons (Fsp3) is 0.250. The van der Waals surface area contributed by atoms with Crippen LogP contribution in [-0.4, -0.2) is 22.0 Å². The molecular weight excluding hydrogens is 262 g/mol. The number of aromatic nitrogens is 3. The number of pyridine rings is 1. The number of nitrogens with one attached hydrogen (secondary N) is 3. The molecule has 0 bridgehead atoms. The summed E-state index contributed by atoms with van der Waals surface area (Å²) in [5.41, 5.74) is 4.51. The molecule has 1 aliphatic rings. The monoisotopic (exact) mass is 279 g/mol. The fourth-order valence-corrected chi connectivity index (χ4v) is 2.86. The summed E-state index contributed by atoms with van der Waals surface area (Å²) < 4.78 is 0. The largest absolute Gasteiger partial charge is 0.373 e. The van der Waals surface area contributed by atoms with Crippen LogP contribution in [-0.2, 0) is 13.0 Å². The molecule has 1 aliphatic heterocycles. The minimum absolute atomic E-state index is 0.215. The molecule has 0 aliphatic carbocycles. The number of anilines is 1. The second-order valence-corrected chi connectivity index (χ2v) is 5.35. The molecule has 2 aromatic heterocycles. The van der Waals surface area contributed by atoms with Crippen molar-refractivity contribution in [1.29, 1.82) is 0 Å². The second-order valence-electron chi connectivity index (χ2n) is 5.35. The maximum absolute atomic E-state index is 4.65. The molecule has 1 unspecified atom stereocenters. The Kier molecular flexibility index (Phi) is 2.86. The molecular formula is C16H17N5. The normalized spacial score (nSPS) is 17.7. The van der Waals surface area contributed by atoms with Crippen molar-refractivity contribution in [2.75, 3.05) is 12.4 Å². The molecule has 0 amide bonds. The SMILES string of the molecule is CNc1ccc2[nH]c(C3Cc4ccccc4CN3)nc2n1. The van der Waals surface area contributed by atoms with E-state index in [1.807, 2.05) is 19.2 Å². The average Bonchev–Trinajstić information content (AvgIpc) is 2.97. The van der Waals surface area contributed by atoms with E-state index in [0.717, 1.165) is 35.8 Å². The Hall–Kier alpha value is -2.40. The highest BCUT2D eigenvalue weighted by Gasteiger charge is 2.22. The fourth-order valence-electron chi connectivity index (χ4n) is 2.86. The Labute approximate surface area is 122 Å². The van der Waals surface area contributed by atoms with Crippen molar-refractivity contribution in [3.63, 3.8) is 0 Å². The van der Waals surface area contributed by atoms with Gasteiger partial charge in [-0.15, -0.1) is 0 Å². The Morgan fingerprint density at radius 3 is 2.81 bits per heavy atom. The van der Waals surface area contributed by atoms with Gasteiger partial charge in [0.25, 0.3) is 0 Å². The molecule has 0 radical (unpaired) electrons. The lowest BCUT2D eigenvalue weighted by atomic mass is 9.96. The minimum Gasteiger partial charge on any atom is -0.373 e. The molecule has 3 aromatic rings. The van der Waals surface area contributed by atoms with Crippen molar-refractivity contribution in [1.82, 2.24) is 20.3 Å². The first-order chi connectivity index (χ1) is 10.3. The molecule has 0 saturated heterocycles. The van der Waals surface area contributed by atoms with Crippen LogP contribution in [0.4, 0.5) is 5.82 Å². The smallest absolute Gasteiger partial charge is 0.179 e. The molecule has 1 atom stereocenters. The van der Waals surface area contributed by atoms with E-state index in [9.17, 15) is 0 Å². The van der Waals surface area contributed by atoms with Crippen molar-refractivity contribution < 1.29 is 0 Å². The van der Waals surface area contributed by atoms with Crippen LogP contribution in [0.3, 0.4) is 0 Å². The number of aromatic amines is 1. The van der Waals surface area contributed by atoms with Crippen LogP contribution in [0.25, 0.3) is 11.2 Å². The van der Waals surface area contributed by atoms with Gasteiger partial charge in [-0.2, -0.15) is 0 Å². The highest BCUT2D eigenvalue weighted by molar-refractivity contribution is 5.73. The van der Waals surface area contributed by atoms with Gasteiger partial charge in [-0.05, 0) is 29.7 Å². The zero-order valence-electron chi connectivity index (χ0n) is 11.9. The maximum Gasteiger partial charge on any atom is 0.179 e. The van der Waals surface area contributed by atoms with Crippen molar-refractivity contribution in [3.8, 4) is 0 Å². The molecule has 21 heavy (non-hydrogen) atoms. The van der Waals surface area contributed by atoms with Gasteiger partial charge in [-0.1, -0.05) is 24.3 Å². The Morgan fingerprint density at radius 1 is 1.10 bits per heavy atom. The van der Waals surface area contributed by atoms with E-state index in [1.165, 1.54) is 11.1 Å². The minimum atomic E-state index is 0.215. The molecule has 0 spiro atoms. The van der Waals surface area contributed by atoms with E-state index in [-0.39, 0.29) is 6.04 Å². The lowest BCUT2D eigenvalue weighted by Gasteiger charge is -2.24. The van der Waals surface area contributed by atoms with Crippen molar-refractivity contribution in [2.24, 2.45) is 0 Å². The van der Waals surface area contributed by atoms with Crippen LogP contribution in [0.5, 0.6) is 0 Å². The zero-order valence-corrected chi connectivity index (χ0v) is 11.9. The first-order valence-corrected chi connectivity index (χ1v) is 7.18. The summed E-state index contributed by atoms with van der Waals surface area (Å²) in [7, 11) is 1.86. The summed E-state index contributed by atoms with van der Waals surface area (Å²) in [4.78, 5) is 12.5. The summed E-state index contributed by atoms with van der Waals surface area (Å²) in [6.45, 7) is 0.882. The number of rotatable bonds is 2. The third-order valence-electron chi connectivity index (χ3n) is 4.03. The van der Waals surface area contributed by atoms with E-state index >= 15 is 0 Å². The Morgan fingerprint density at radius 2 is 1.95 bits per heavy atom. The summed E-state index contributed by atoms with van der Waals surface area (Å²) in [6.07, 6.45) is 0.953. The van der Waals surface area contributed by atoms with E-state index in [1.54, 1.807) is 0 Å². The van der Waals surface area contributed by atoms with Gasteiger partial charge in [-0.25, -0.2) is 9.97 Å². The maximum atomic E-state index is 4.65. The van der Waals surface area contributed by atoms with Gasteiger partial charge in [0, 0.05) is 13.6 Å². The molecule has 1 aromatic carbocycles. The van der Waals surface area contributed by atoms with E-state index in [4.69, 9.17) is 0 Å². The standard InChI is InChI=1S/C16H17N5/c1-17-14-7-6-12-15(20-14)21-16(19-12)13-8-10-4-2-3-5-11(10)9-18-13/h2-7,13,18H,8-9H2,1H3,(H2,17,19,20,21). The summed E-state index contributed by atoms with van der Waals surface area (Å²) in [6, 6.07) is 12.7. The van der Waals surface area contributed by atoms with Gasteiger partial charge in [0.2, 0.25) is 0 Å². The molecule has 5 nitrogen and oxygen atoms in total. The highest BCUT2D eigenvalue weighted by Crippen LogP contribution is 2.25. The molecule has 5 heteroatoms. The van der Waals surface area contributed by atoms with Crippen LogP contribution in [0.1, 0.15) is 23.0 Å². The van der Waals surface area contributed by atoms with Gasteiger partial charge >= 0.3 is 0 Å². The predicted octanol–water partition coefficient (Wildman–Crippen LogP) is 2.39. The molecule has 106 valence electrons. The average molecular weight is 279 g/mol. The van der Waals surface area contributed by atoms with Crippen LogP contribution in [0, 0.1) is 0 Å². The molecule has 0 fully saturated rings. The molecule has 3 N–H and O–H groups in total. The van der Waals surface area contributed by atoms with Gasteiger partial charge in [0.1, 0.15) is 11.6 Å². The number of hydrogen-bond donors (Lipinski definition) is 3. The van der Waals surface area contributed by atoms with Gasteiger partial charge in [0.05, 0.1) is 11.6 Å².